The standard InChI is InChI=1S/C21H36N2O5/c1-4-27-21-16(8-6-13-24)17(15(2)3)14-18(28-21)20(26)22-10-7-12-23-11-5-9-19(23)25/h14-17,21,24H,4-13H2,1-3H3,(H,22,26)/t16-,17-,21-/m0/s1. The predicted octanol–water partition coefficient (Wildman–Crippen LogP) is 2.05. The zero-order valence-electron chi connectivity index (χ0n) is 17.5. The number of likely N-dealkylation sites (tertiary alicyclic amines) is 1. The Balaban J connectivity index is 1.93. The summed E-state index contributed by atoms with van der Waals surface area (Å²) in [5.41, 5.74) is 0. The Kier molecular flexibility index (Phi) is 9.25. The Morgan fingerprint density at radius 2 is 2.21 bits per heavy atom. The molecule has 0 aromatic carbocycles. The van der Waals surface area contributed by atoms with Gasteiger partial charge in [-0.1, -0.05) is 13.8 Å². The van der Waals surface area contributed by atoms with E-state index in [1.54, 1.807) is 0 Å². The topological polar surface area (TPSA) is 88.1 Å². The van der Waals surface area contributed by atoms with Crippen LogP contribution in [0.5, 0.6) is 0 Å². The highest BCUT2D eigenvalue weighted by Crippen LogP contribution is 2.36. The van der Waals surface area contributed by atoms with Gasteiger partial charge in [-0.05, 0) is 50.5 Å². The number of aliphatic hydroxyl groups is 1. The number of amides is 2. The first-order valence-corrected chi connectivity index (χ1v) is 10.6. The molecule has 2 aliphatic heterocycles. The SMILES string of the molecule is CCO[C@H]1OC(C(=O)NCCCN2CCCC2=O)=C[C@@H](C(C)C)[C@@H]1CCCO. The molecule has 7 heteroatoms. The van der Waals surface area contributed by atoms with Gasteiger partial charge in [-0.15, -0.1) is 0 Å². The highest BCUT2D eigenvalue weighted by molar-refractivity contribution is 5.91. The van der Waals surface area contributed by atoms with Crippen LogP contribution in [0.1, 0.15) is 52.9 Å². The van der Waals surface area contributed by atoms with Gasteiger partial charge in [0, 0.05) is 45.2 Å². The van der Waals surface area contributed by atoms with Crippen LogP contribution in [0.4, 0.5) is 0 Å². The van der Waals surface area contributed by atoms with Crippen LogP contribution in [-0.2, 0) is 19.1 Å². The lowest BCUT2D eigenvalue weighted by Gasteiger charge is -2.38. The second-order valence-corrected chi connectivity index (χ2v) is 7.92. The molecular formula is C21H36N2O5. The van der Waals surface area contributed by atoms with Gasteiger partial charge in [0.25, 0.3) is 5.91 Å². The Morgan fingerprint density at radius 1 is 1.43 bits per heavy atom. The summed E-state index contributed by atoms with van der Waals surface area (Å²) in [4.78, 5) is 26.1. The van der Waals surface area contributed by atoms with Gasteiger partial charge < -0.3 is 24.8 Å². The molecular weight excluding hydrogens is 360 g/mol. The predicted molar refractivity (Wildman–Crippen MR) is 106 cm³/mol. The summed E-state index contributed by atoms with van der Waals surface area (Å²) in [7, 11) is 0. The van der Waals surface area contributed by atoms with Gasteiger partial charge in [-0.3, -0.25) is 9.59 Å². The van der Waals surface area contributed by atoms with Crippen molar-refractivity contribution in [1.82, 2.24) is 10.2 Å². The van der Waals surface area contributed by atoms with Crippen LogP contribution in [0.3, 0.4) is 0 Å². The number of carbonyl (C=O) groups excluding carboxylic acids is 2. The van der Waals surface area contributed by atoms with Crippen LogP contribution in [0.25, 0.3) is 0 Å². The van der Waals surface area contributed by atoms with Crippen LogP contribution in [0.2, 0.25) is 0 Å². The third-order valence-corrected chi connectivity index (χ3v) is 5.51. The number of nitrogens with zero attached hydrogens (tertiary/aromatic N) is 1. The maximum Gasteiger partial charge on any atom is 0.286 e. The summed E-state index contributed by atoms with van der Waals surface area (Å²) in [6.45, 7) is 8.81. The largest absolute Gasteiger partial charge is 0.459 e. The zero-order valence-corrected chi connectivity index (χ0v) is 17.5. The first-order chi connectivity index (χ1) is 13.5. The first kappa shape index (κ1) is 22.7. The van der Waals surface area contributed by atoms with Crippen LogP contribution < -0.4 is 5.32 Å². The molecule has 0 spiro atoms. The summed E-state index contributed by atoms with van der Waals surface area (Å²) < 4.78 is 11.7. The molecule has 0 bridgehead atoms. The maximum absolute atomic E-state index is 12.6. The van der Waals surface area contributed by atoms with E-state index in [0.29, 0.717) is 44.2 Å². The highest BCUT2D eigenvalue weighted by Gasteiger charge is 2.38. The summed E-state index contributed by atoms with van der Waals surface area (Å²) in [5, 5.41) is 12.1. The lowest BCUT2D eigenvalue weighted by molar-refractivity contribution is -0.175. The molecule has 0 aromatic rings. The van der Waals surface area contributed by atoms with E-state index in [2.05, 4.69) is 19.2 Å². The third-order valence-electron chi connectivity index (χ3n) is 5.51. The van der Waals surface area contributed by atoms with E-state index in [9.17, 15) is 14.7 Å². The van der Waals surface area contributed by atoms with Crippen molar-refractivity contribution in [2.45, 2.75) is 59.2 Å². The van der Waals surface area contributed by atoms with E-state index in [1.165, 1.54) is 0 Å². The molecule has 2 aliphatic rings. The monoisotopic (exact) mass is 396 g/mol. The second-order valence-electron chi connectivity index (χ2n) is 7.92. The molecule has 2 heterocycles. The minimum Gasteiger partial charge on any atom is -0.459 e. The molecule has 0 unspecified atom stereocenters. The quantitative estimate of drug-likeness (QED) is 0.522. The molecule has 28 heavy (non-hydrogen) atoms. The Bertz CT molecular complexity index is 549. The molecule has 0 aromatic heterocycles. The number of hydrogen-bond acceptors (Lipinski definition) is 5. The molecule has 7 nitrogen and oxygen atoms in total. The summed E-state index contributed by atoms with van der Waals surface area (Å²) in [5.74, 6) is 0.889. The van der Waals surface area contributed by atoms with Crippen molar-refractivity contribution in [3.05, 3.63) is 11.8 Å². The van der Waals surface area contributed by atoms with Crippen molar-refractivity contribution in [3.8, 4) is 0 Å². The van der Waals surface area contributed by atoms with Gasteiger partial charge >= 0.3 is 0 Å². The van der Waals surface area contributed by atoms with Gasteiger partial charge in [-0.2, -0.15) is 0 Å². The summed E-state index contributed by atoms with van der Waals surface area (Å²) >= 11 is 0. The van der Waals surface area contributed by atoms with Crippen molar-refractivity contribution < 1.29 is 24.2 Å². The zero-order chi connectivity index (χ0) is 20.5. The van der Waals surface area contributed by atoms with E-state index >= 15 is 0 Å². The van der Waals surface area contributed by atoms with Crippen molar-refractivity contribution >= 4 is 11.8 Å². The Hall–Kier alpha value is -1.60. The fourth-order valence-corrected chi connectivity index (χ4v) is 4.02. The minimum atomic E-state index is -0.475. The fourth-order valence-electron chi connectivity index (χ4n) is 4.02. The molecule has 2 N–H and O–H groups in total. The summed E-state index contributed by atoms with van der Waals surface area (Å²) in [6, 6.07) is 0. The molecule has 2 rings (SSSR count). The second kappa shape index (κ2) is 11.4. The maximum atomic E-state index is 12.6. The molecule has 0 saturated carbocycles. The van der Waals surface area contributed by atoms with Crippen molar-refractivity contribution in [2.75, 3.05) is 32.8 Å². The van der Waals surface area contributed by atoms with E-state index < -0.39 is 6.29 Å². The molecule has 3 atom stereocenters. The van der Waals surface area contributed by atoms with Gasteiger partial charge in [0.2, 0.25) is 12.2 Å². The van der Waals surface area contributed by atoms with E-state index in [-0.39, 0.29) is 30.3 Å². The molecule has 1 fully saturated rings. The van der Waals surface area contributed by atoms with Gasteiger partial charge in [-0.25, -0.2) is 0 Å². The van der Waals surface area contributed by atoms with Crippen LogP contribution in [0, 0.1) is 17.8 Å². The third kappa shape index (κ3) is 6.21. The molecule has 0 aliphatic carbocycles. The van der Waals surface area contributed by atoms with Crippen molar-refractivity contribution in [3.63, 3.8) is 0 Å². The van der Waals surface area contributed by atoms with E-state index in [4.69, 9.17) is 9.47 Å². The first-order valence-electron chi connectivity index (χ1n) is 10.6. The lowest BCUT2D eigenvalue weighted by Crippen LogP contribution is -2.41. The normalized spacial score (nSPS) is 25.0. The van der Waals surface area contributed by atoms with Gasteiger partial charge in [0.05, 0.1) is 0 Å². The minimum absolute atomic E-state index is 0.116. The van der Waals surface area contributed by atoms with Crippen LogP contribution in [0.15, 0.2) is 11.8 Å². The number of rotatable bonds is 11. The number of hydrogen-bond donors (Lipinski definition) is 2. The molecule has 1 saturated heterocycles. The number of ether oxygens (including phenoxy) is 2. The van der Waals surface area contributed by atoms with Crippen molar-refractivity contribution in [1.29, 1.82) is 0 Å². The number of aliphatic hydroxyl groups excluding tert-OH is 1. The average molecular weight is 397 g/mol. The van der Waals surface area contributed by atoms with Gasteiger partial charge in [0.1, 0.15) is 0 Å². The highest BCUT2D eigenvalue weighted by atomic mass is 16.7. The van der Waals surface area contributed by atoms with E-state index in [1.807, 2.05) is 17.9 Å². The summed E-state index contributed by atoms with van der Waals surface area (Å²) in [6.07, 6.45) is 5.22. The Labute approximate surface area is 168 Å². The average Bonchev–Trinajstić information content (AvgIpc) is 3.08. The number of carbonyl (C=O) groups is 2. The molecule has 160 valence electrons. The Morgan fingerprint density at radius 3 is 2.82 bits per heavy atom. The number of allylic oxidation sites excluding steroid dienone is 1. The van der Waals surface area contributed by atoms with Crippen LogP contribution in [-0.4, -0.2) is 61.0 Å². The lowest BCUT2D eigenvalue weighted by atomic mass is 9.78. The molecule has 0 radical (unpaired) electrons. The fraction of sp³-hybridized carbons (Fsp3) is 0.810. The van der Waals surface area contributed by atoms with Crippen LogP contribution >= 0.6 is 0 Å². The molecule has 2 amide bonds. The smallest absolute Gasteiger partial charge is 0.286 e. The number of nitrogens with one attached hydrogen (secondary N) is 1. The van der Waals surface area contributed by atoms with Gasteiger partial charge in [0.15, 0.2) is 5.76 Å². The van der Waals surface area contributed by atoms with E-state index in [0.717, 1.165) is 25.8 Å². The van der Waals surface area contributed by atoms with Crippen molar-refractivity contribution in [2.24, 2.45) is 17.8 Å².